The van der Waals surface area contributed by atoms with Crippen molar-refractivity contribution in [1.29, 1.82) is 0 Å². The van der Waals surface area contributed by atoms with Crippen molar-refractivity contribution in [3.63, 3.8) is 0 Å². The second kappa shape index (κ2) is 6.46. The Labute approximate surface area is 135 Å². The van der Waals surface area contributed by atoms with Crippen LogP contribution in [0.2, 0.25) is 5.02 Å². The molecule has 7 heteroatoms. The molecule has 1 heterocycles. The van der Waals surface area contributed by atoms with Gasteiger partial charge in [0, 0.05) is 28.6 Å². The number of halogens is 1. The van der Waals surface area contributed by atoms with Crippen LogP contribution in [0.4, 0.5) is 0 Å². The van der Waals surface area contributed by atoms with Gasteiger partial charge < -0.3 is 5.11 Å². The molecule has 1 aliphatic heterocycles. The maximum Gasteiger partial charge on any atom is 0.243 e. The van der Waals surface area contributed by atoms with Crippen molar-refractivity contribution in [3.8, 4) is 0 Å². The summed E-state index contributed by atoms with van der Waals surface area (Å²) in [6, 6.07) is 4.48. The lowest BCUT2D eigenvalue weighted by Crippen LogP contribution is -2.33. The normalized spacial score (nSPS) is 20.2. The van der Waals surface area contributed by atoms with E-state index in [2.05, 4.69) is 13.8 Å². The Morgan fingerprint density at radius 3 is 2.76 bits per heavy atom. The number of sulfonamides is 1. The molecule has 0 amide bonds. The van der Waals surface area contributed by atoms with Gasteiger partial charge >= 0.3 is 0 Å². The summed E-state index contributed by atoms with van der Waals surface area (Å²) in [7, 11) is -3.53. The molecule has 4 nitrogen and oxygen atoms in total. The second-order valence-corrected chi connectivity index (χ2v) is 9.82. The number of aliphatic hydroxyl groups excluding tert-OH is 1. The third kappa shape index (κ3) is 3.93. The van der Waals surface area contributed by atoms with E-state index in [9.17, 15) is 13.5 Å². The Morgan fingerprint density at radius 1 is 1.38 bits per heavy atom. The summed E-state index contributed by atoms with van der Waals surface area (Å²) in [6.45, 7) is 5.03. The molecule has 21 heavy (non-hydrogen) atoms. The molecule has 0 unspecified atom stereocenters. The third-order valence-electron chi connectivity index (χ3n) is 3.62. The maximum absolute atomic E-state index is 12.7. The van der Waals surface area contributed by atoms with Gasteiger partial charge in [-0.2, -0.15) is 16.1 Å². The Bertz CT molecular complexity index is 617. The van der Waals surface area contributed by atoms with Gasteiger partial charge in [-0.05, 0) is 30.2 Å². The number of hydrogen-bond acceptors (Lipinski definition) is 4. The summed E-state index contributed by atoms with van der Waals surface area (Å²) >= 11 is 7.72. The molecule has 0 spiro atoms. The average molecular weight is 350 g/mol. The van der Waals surface area contributed by atoms with Crippen LogP contribution in [0.1, 0.15) is 25.8 Å². The molecule has 0 bridgehead atoms. The largest absolute Gasteiger partial charge is 0.392 e. The van der Waals surface area contributed by atoms with Gasteiger partial charge in [0.2, 0.25) is 10.0 Å². The lowest BCUT2D eigenvalue weighted by atomic mass is 10.1. The molecular formula is C14H20ClNO3S2. The zero-order chi connectivity index (χ0) is 15.7. The molecule has 2 rings (SSSR count). The summed E-state index contributed by atoms with van der Waals surface area (Å²) in [4.78, 5) is 0.195. The van der Waals surface area contributed by atoms with E-state index in [0.29, 0.717) is 23.7 Å². The summed E-state index contributed by atoms with van der Waals surface area (Å²) in [5.74, 6) is 0.784. The van der Waals surface area contributed by atoms with E-state index in [1.54, 1.807) is 11.8 Å². The van der Waals surface area contributed by atoms with E-state index in [4.69, 9.17) is 11.6 Å². The van der Waals surface area contributed by atoms with Gasteiger partial charge in [-0.3, -0.25) is 0 Å². The molecule has 1 fully saturated rings. The Kier molecular flexibility index (Phi) is 5.26. The molecule has 1 saturated heterocycles. The lowest BCUT2D eigenvalue weighted by molar-refractivity contribution is 0.281. The Hall–Kier alpha value is -0.270. The van der Waals surface area contributed by atoms with Crippen LogP contribution in [0.3, 0.4) is 0 Å². The van der Waals surface area contributed by atoms with Gasteiger partial charge in [0.25, 0.3) is 0 Å². The number of nitrogens with zero attached hydrogens (tertiary/aromatic N) is 1. The number of thioether (sulfide) groups is 1. The molecule has 1 N–H and O–H groups in total. The monoisotopic (exact) mass is 349 g/mol. The average Bonchev–Trinajstić information content (AvgIpc) is 2.60. The molecule has 1 aliphatic rings. The third-order valence-corrected chi connectivity index (χ3v) is 7.26. The molecule has 0 aliphatic carbocycles. The van der Waals surface area contributed by atoms with Crippen molar-refractivity contribution < 1.29 is 13.5 Å². The highest BCUT2D eigenvalue weighted by Gasteiger charge is 2.31. The topological polar surface area (TPSA) is 57.6 Å². The molecule has 0 saturated carbocycles. The summed E-state index contributed by atoms with van der Waals surface area (Å²) in [6.07, 6.45) is 0.817. The number of benzene rings is 1. The van der Waals surface area contributed by atoms with Crippen LogP contribution in [-0.2, 0) is 16.6 Å². The van der Waals surface area contributed by atoms with Gasteiger partial charge in [0.1, 0.15) is 0 Å². The van der Waals surface area contributed by atoms with Gasteiger partial charge in [0.15, 0.2) is 0 Å². The first kappa shape index (κ1) is 17.1. The highest BCUT2D eigenvalue weighted by atomic mass is 35.5. The fraction of sp³-hybridized carbons (Fsp3) is 0.571. The fourth-order valence-corrected chi connectivity index (χ4v) is 5.11. The fourth-order valence-electron chi connectivity index (χ4n) is 2.22. The van der Waals surface area contributed by atoms with Crippen molar-refractivity contribution in [3.05, 3.63) is 28.8 Å². The van der Waals surface area contributed by atoms with Gasteiger partial charge in [0.05, 0.1) is 11.5 Å². The Balaban J connectivity index is 2.29. The van der Waals surface area contributed by atoms with Crippen molar-refractivity contribution in [2.75, 3.05) is 18.8 Å². The van der Waals surface area contributed by atoms with Crippen molar-refractivity contribution >= 4 is 33.4 Å². The van der Waals surface area contributed by atoms with Crippen molar-refractivity contribution in [2.45, 2.75) is 36.5 Å². The van der Waals surface area contributed by atoms with Crippen LogP contribution >= 0.6 is 23.4 Å². The standard InChI is InChI=1S/C14H20ClNO3S2/c1-14(2)5-6-16(7-8-20-14)21(18,19)12-3-4-13(15)11(9-12)10-17/h3-4,9,17H,5-8,10H2,1-2H3. The van der Waals surface area contributed by atoms with E-state index < -0.39 is 10.0 Å². The van der Waals surface area contributed by atoms with E-state index in [-0.39, 0.29) is 16.2 Å². The predicted molar refractivity (Wildman–Crippen MR) is 87.3 cm³/mol. The summed E-state index contributed by atoms with van der Waals surface area (Å²) in [5, 5.41) is 9.62. The highest BCUT2D eigenvalue weighted by molar-refractivity contribution is 8.00. The highest BCUT2D eigenvalue weighted by Crippen LogP contribution is 2.32. The van der Waals surface area contributed by atoms with Crippen molar-refractivity contribution in [2.24, 2.45) is 0 Å². The van der Waals surface area contributed by atoms with Crippen LogP contribution in [0, 0.1) is 0 Å². The van der Waals surface area contributed by atoms with Gasteiger partial charge in [-0.25, -0.2) is 8.42 Å². The van der Waals surface area contributed by atoms with E-state index >= 15 is 0 Å². The SMILES string of the molecule is CC1(C)CCN(S(=O)(=O)c2ccc(Cl)c(CO)c2)CCS1. The minimum Gasteiger partial charge on any atom is -0.392 e. The first-order chi connectivity index (χ1) is 9.76. The van der Waals surface area contributed by atoms with Crippen LogP contribution in [0.15, 0.2) is 23.1 Å². The van der Waals surface area contributed by atoms with E-state index in [0.717, 1.165) is 12.2 Å². The van der Waals surface area contributed by atoms with Crippen LogP contribution in [0.25, 0.3) is 0 Å². The molecule has 118 valence electrons. The van der Waals surface area contributed by atoms with Crippen LogP contribution < -0.4 is 0 Å². The quantitative estimate of drug-likeness (QED) is 0.911. The molecule has 1 aromatic carbocycles. The smallest absolute Gasteiger partial charge is 0.243 e. The molecule has 0 aromatic heterocycles. The lowest BCUT2D eigenvalue weighted by Gasteiger charge is -2.22. The first-order valence-electron chi connectivity index (χ1n) is 6.80. The minimum absolute atomic E-state index is 0.0977. The zero-order valence-corrected chi connectivity index (χ0v) is 14.6. The van der Waals surface area contributed by atoms with E-state index in [1.165, 1.54) is 22.5 Å². The number of aliphatic hydroxyl groups is 1. The summed E-state index contributed by atoms with van der Waals surface area (Å²) < 4.78 is 27.1. The van der Waals surface area contributed by atoms with E-state index in [1.807, 2.05) is 0 Å². The Morgan fingerprint density at radius 2 is 2.10 bits per heavy atom. The predicted octanol–water partition coefficient (Wildman–Crippen LogP) is 2.74. The zero-order valence-electron chi connectivity index (χ0n) is 12.2. The van der Waals surface area contributed by atoms with Crippen LogP contribution in [0.5, 0.6) is 0 Å². The first-order valence-corrected chi connectivity index (χ1v) is 9.60. The molecule has 1 aromatic rings. The molecular weight excluding hydrogens is 330 g/mol. The second-order valence-electron chi connectivity index (χ2n) is 5.67. The molecule has 0 radical (unpaired) electrons. The van der Waals surface area contributed by atoms with Crippen LogP contribution in [-0.4, -0.2) is 41.4 Å². The molecule has 0 atom stereocenters. The number of rotatable bonds is 3. The minimum atomic E-state index is -3.53. The van der Waals surface area contributed by atoms with Crippen molar-refractivity contribution in [1.82, 2.24) is 4.31 Å². The summed E-state index contributed by atoms with van der Waals surface area (Å²) in [5.41, 5.74) is 0.433. The van der Waals surface area contributed by atoms with Gasteiger partial charge in [-0.15, -0.1) is 0 Å². The maximum atomic E-state index is 12.7. The number of hydrogen-bond donors (Lipinski definition) is 1. The van der Waals surface area contributed by atoms with Gasteiger partial charge in [-0.1, -0.05) is 25.4 Å².